The lowest BCUT2D eigenvalue weighted by Crippen LogP contribution is -2.08. The molecule has 0 aliphatic carbocycles. The lowest BCUT2D eigenvalue weighted by molar-refractivity contribution is 0.614. The Morgan fingerprint density at radius 1 is 1.37 bits per heavy atom. The van der Waals surface area contributed by atoms with Crippen LogP contribution in [0.1, 0.15) is 12.7 Å². The number of fused-ring (bicyclic) bond motifs is 1. The van der Waals surface area contributed by atoms with Gasteiger partial charge in [-0.25, -0.2) is 8.91 Å². The summed E-state index contributed by atoms with van der Waals surface area (Å²) in [7, 11) is 0. The van der Waals surface area contributed by atoms with E-state index in [1.165, 1.54) is 16.8 Å². The standard InChI is InChI=1S/C11H12FN7/c1-2-18-7-14-16-10(18)5-13-11-15-9-4-3-8(12)6-19(9)17-11/h3-4,6-7H,2,5H2,1H3,(H,13,17). The van der Waals surface area contributed by atoms with E-state index >= 15 is 0 Å². The van der Waals surface area contributed by atoms with Crippen LogP contribution in [0.5, 0.6) is 0 Å². The Bertz CT molecular complexity index is 702. The van der Waals surface area contributed by atoms with Crippen molar-refractivity contribution in [2.45, 2.75) is 20.0 Å². The zero-order valence-electron chi connectivity index (χ0n) is 10.3. The Labute approximate surface area is 108 Å². The molecule has 98 valence electrons. The van der Waals surface area contributed by atoms with Gasteiger partial charge in [0.05, 0.1) is 12.7 Å². The van der Waals surface area contributed by atoms with Crippen molar-refractivity contribution in [1.82, 2.24) is 29.4 Å². The lowest BCUT2D eigenvalue weighted by atomic mass is 10.5. The van der Waals surface area contributed by atoms with Gasteiger partial charge < -0.3 is 9.88 Å². The van der Waals surface area contributed by atoms with E-state index in [0.29, 0.717) is 18.1 Å². The Hall–Kier alpha value is -2.51. The van der Waals surface area contributed by atoms with Gasteiger partial charge in [-0.3, -0.25) is 0 Å². The number of pyridine rings is 1. The van der Waals surface area contributed by atoms with Gasteiger partial charge in [-0.2, -0.15) is 4.98 Å². The molecule has 3 rings (SSSR count). The molecule has 3 heterocycles. The summed E-state index contributed by atoms with van der Waals surface area (Å²) in [6.45, 7) is 3.28. The van der Waals surface area contributed by atoms with Gasteiger partial charge in [0.1, 0.15) is 12.1 Å². The number of halogens is 1. The molecule has 3 aromatic heterocycles. The van der Waals surface area contributed by atoms with Crippen molar-refractivity contribution in [3.63, 3.8) is 0 Å². The molecule has 0 atom stereocenters. The van der Waals surface area contributed by atoms with Crippen LogP contribution in [-0.4, -0.2) is 29.4 Å². The highest BCUT2D eigenvalue weighted by molar-refractivity contribution is 5.43. The summed E-state index contributed by atoms with van der Waals surface area (Å²) < 4.78 is 16.3. The average molecular weight is 261 g/mol. The van der Waals surface area contributed by atoms with Crippen LogP contribution >= 0.6 is 0 Å². The summed E-state index contributed by atoms with van der Waals surface area (Å²) in [5.74, 6) is 0.874. The fraction of sp³-hybridized carbons (Fsp3) is 0.273. The third-order valence-corrected chi connectivity index (χ3v) is 2.74. The zero-order valence-corrected chi connectivity index (χ0v) is 10.3. The third kappa shape index (κ3) is 2.24. The molecule has 0 aromatic carbocycles. The fourth-order valence-corrected chi connectivity index (χ4v) is 1.77. The van der Waals surface area contributed by atoms with E-state index in [9.17, 15) is 4.39 Å². The highest BCUT2D eigenvalue weighted by Gasteiger charge is 2.06. The van der Waals surface area contributed by atoms with Gasteiger partial charge >= 0.3 is 0 Å². The highest BCUT2D eigenvalue weighted by atomic mass is 19.1. The molecule has 0 amide bonds. The topological polar surface area (TPSA) is 72.9 Å². The molecular weight excluding hydrogens is 249 g/mol. The molecule has 0 bridgehead atoms. The molecule has 0 spiro atoms. The highest BCUT2D eigenvalue weighted by Crippen LogP contribution is 2.07. The smallest absolute Gasteiger partial charge is 0.243 e. The molecule has 0 saturated carbocycles. The van der Waals surface area contributed by atoms with Crippen molar-refractivity contribution in [2.75, 3.05) is 5.32 Å². The second-order valence-corrected chi connectivity index (χ2v) is 3.97. The molecular formula is C11H12FN7. The molecule has 3 aromatic rings. The first-order valence-electron chi connectivity index (χ1n) is 5.89. The van der Waals surface area contributed by atoms with Gasteiger partial charge in [-0.05, 0) is 19.1 Å². The molecule has 0 radical (unpaired) electrons. The molecule has 0 aliphatic heterocycles. The van der Waals surface area contributed by atoms with Gasteiger partial charge in [-0.1, -0.05) is 0 Å². The van der Waals surface area contributed by atoms with E-state index in [0.717, 1.165) is 12.4 Å². The first-order chi connectivity index (χ1) is 9.26. The first kappa shape index (κ1) is 11.6. The van der Waals surface area contributed by atoms with Crippen LogP contribution in [0, 0.1) is 5.82 Å². The van der Waals surface area contributed by atoms with E-state index in [4.69, 9.17) is 0 Å². The van der Waals surface area contributed by atoms with Crippen LogP contribution in [0.25, 0.3) is 5.65 Å². The average Bonchev–Trinajstić information content (AvgIpc) is 3.01. The van der Waals surface area contributed by atoms with Gasteiger partial charge in [-0.15, -0.1) is 15.3 Å². The summed E-state index contributed by atoms with van der Waals surface area (Å²) >= 11 is 0. The largest absolute Gasteiger partial charge is 0.346 e. The van der Waals surface area contributed by atoms with Crippen molar-refractivity contribution < 1.29 is 4.39 Å². The van der Waals surface area contributed by atoms with Gasteiger partial charge in [0.25, 0.3) is 0 Å². The van der Waals surface area contributed by atoms with Crippen LogP contribution in [0.3, 0.4) is 0 Å². The lowest BCUT2D eigenvalue weighted by Gasteiger charge is -2.02. The number of hydrogen-bond donors (Lipinski definition) is 1. The summed E-state index contributed by atoms with van der Waals surface area (Å²) in [5.41, 5.74) is 0.584. The number of nitrogens with zero attached hydrogens (tertiary/aromatic N) is 6. The first-order valence-corrected chi connectivity index (χ1v) is 5.89. The van der Waals surface area contributed by atoms with E-state index < -0.39 is 0 Å². The minimum Gasteiger partial charge on any atom is -0.346 e. The Morgan fingerprint density at radius 2 is 2.26 bits per heavy atom. The zero-order chi connectivity index (χ0) is 13.2. The SMILES string of the molecule is CCn1cnnc1CNc1nc2ccc(F)cn2n1. The van der Waals surface area contributed by atoms with Crippen LogP contribution in [0.15, 0.2) is 24.7 Å². The third-order valence-electron chi connectivity index (χ3n) is 2.74. The van der Waals surface area contributed by atoms with Crippen LogP contribution in [0.2, 0.25) is 0 Å². The van der Waals surface area contributed by atoms with Crippen molar-refractivity contribution in [1.29, 1.82) is 0 Å². The predicted molar refractivity (Wildman–Crippen MR) is 66.0 cm³/mol. The van der Waals surface area contributed by atoms with Crippen LogP contribution in [0.4, 0.5) is 10.3 Å². The Balaban J connectivity index is 1.78. The summed E-state index contributed by atoms with van der Waals surface area (Å²) in [6, 6.07) is 2.92. The minimum absolute atomic E-state index is 0.352. The molecule has 1 N–H and O–H groups in total. The number of aromatic nitrogens is 6. The van der Waals surface area contributed by atoms with Gasteiger partial charge in [0.15, 0.2) is 11.5 Å². The number of hydrogen-bond acceptors (Lipinski definition) is 5. The second-order valence-electron chi connectivity index (χ2n) is 3.97. The molecule has 19 heavy (non-hydrogen) atoms. The van der Waals surface area contributed by atoms with Crippen molar-refractivity contribution >= 4 is 11.6 Å². The number of rotatable bonds is 4. The maximum atomic E-state index is 13.0. The van der Waals surface area contributed by atoms with E-state index in [-0.39, 0.29) is 5.82 Å². The number of anilines is 1. The maximum Gasteiger partial charge on any atom is 0.243 e. The monoisotopic (exact) mass is 261 g/mol. The van der Waals surface area contributed by atoms with E-state index in [1.54, 1.807) is 12.4 Å². The fourth-order valence-electron chi connectivity index (χ4n) is 1.77. The van der Waals surface area contributed by atoms with E-state index in [1.807, 2.05) is 11.5 Å². The molecule has 7 nitrogen and oxygen atoms in total. The minimum atomic E-state index is -0.352. The van der Waals surface area contributed by atoms with Crippen molar-refractivity contribution in [3.8, 4) is 0 Å². The quantitative estimate of drug-likeness (QED) is 0.761. The van der Waals surface area contributed by atoms with E-state index in [2.05, 4.69) is 25.6 Å². The molecule has 8 heteroatoms. The summed E-state index contributed by atoms with van der Waals surface area (Å²) in [4.78, 5) is 4.23. The summed E-state index contributed by atoms with van der Waals surface area (Å²) in [6.07, 6.45) is 2.95. The Kier molecular flexibility index (Phi) is 2.82. The molecule has 0 unspecified atom stereocenters. The maximum absolute atomic E-state index is 13.0. The number of nitrogens with one attached hydrogen (secondary N) is 1. The second kappa shape index (κ2) is 4.63. The van der Waals surface area contributed by atoms with Gasteiger partial charge in [0, 0.05) is 6.54 Å². The van der Waals surface area contributed by atoms with Crippen molar-refractivity contribution in [3.05, 3.63) is 36.3 Å². The van der Waals surface area contributed by atoms with Gasteiger partial charge in [0.2, 0.25) is 5.95 Å². The normalized spacial score (nSPS) is 11.1. The summed E-state index contributed by atoms with van der Waals surface area (Å²) in [5, 5.41) is 15.0. The molecule has 0 aliphatic rings. The molecule has 0 fully saturated rings. The molecule has 0 saturated heterocycles. The Morgan fingerprint density at radius 3 is 3.11 bits per heavy atom. The van der Waals surface area contributed by atoms with Crippen LogP contribution < -0.4 is 5.32 Å². The van der Waals surface area contributed by atoms with Crippen LogP contribution in [-0.2, 0) is 13.1 Å². The predicted octanol–water partition coefficient (Wildman–Crippen LogP) is 1.09. The van der Waals surface area contributed by atoms with Crippen molar-refractivity contribution in [2.24, 2.45) is 0 Å². The number of aryl methyl sites for hydroxylation is 1.